The van der Waals surface area contributed by atoms with Gasteiger partial charge >= 0.3 is 0 Å². The molecule has 0 aromatic carbocycles. The van der Waals surface area contributed by atoms with E-state index in [0.717, 1.165) is 32.2 Å². The first-order valence-corrected chi connectivity index (χ1v) is 6.24. The molecule has 4 heteroatoms. The van der Waals surface area contributed by atoms with Gasteiger partial charge in [-0.1, -0.05) is 26.7 Å². The summed E-state index contributed by atoms with van der Waals surface area (Å²) < 4.78 is 0. The van der Waals surface area contributed by atoms with Crippen LogP contribution in [0, 0.1) is 5.92 Å². The van der Waals surface area contributed by atoms with Crippen LogP contribution < -0.4 is 5.73 Å². The zero-order valence-electron chi connectivity index (χ0n) is 10.4. The van der Waals surface area contributed by atoms with Crippen LogP contribution in [0.15, 0.2) is 0 Å². The number of carbonyl (C=O) groups excluding carboxylic acids is 1. The van der Waals surface area contributed by atoms with E-state index in [2.05, 4.69) is 0 Å². The lowest BCUT2D eigenvalue weighted by Gasteiger charge is -2.32. The molecule has 1 heterocycles. The molecule has 1 aliphatic heterocycles. The van der Waals surface area contributed by atoms with Gasteiger partial charge in [0.2, 0.25) is 5.91 Å². The molecule has 1 saturated heterocycles. The van der Waals surface area contributed by atoms with Gasteiger partial charge < -0.3 is 15.7 Å². The molecular weight excluding hydrogens is 204 g/mol. The number of hydrogen-bond donors (Lipinski definition) is 2. The van der Waals surface area contributed by atoms with Crippen molar-refractivity contribution >= 4 is 5.91 Å². The number of aliphatic hydroxyl groups is 1. The number of carbonyl (C=O) groups is 1. The Hall–Kier alpha value is -0.610. The van der Waals surface area contributed by atoms with Gasteiger partial charge in [-0.25, -0.2) is 0 Å². The van der Waals surface area contributed by atoms with Crippen molar-refractivity contribution in [2.75, 3.05) is 13.2 Å². The predicted octanol–water partition coefficient (Wildman–Crippen LogP) is 0.733. The molecule has 1 aliphatic rings. The predicted molar refractivity (Wildman–Crippen MR) is 63.9 cm³/mol. The van der Waals surface area contributed by atoms with E-state index in [1.54, 1.807) is 4.90 Å². The maximum absolute atomic E-state index is 12.2. The minimum absolute atomic E-state index is 0.00375. The first-order chi connectivity index (χ1) is 7.57. The number of nitrogens with two attached hydrogens (primary N) is 1. The minimum Gasteiger partial charge on any atom is -0.394 e. The van der Waals surface area contributed by atoms with Crippen LogP contribution in [0.3, 0.4) is 0 Å². The van der Waals surface area contributed by atoms with Crippen molar-refractivity contribution in [2.24, 2.45) is 11.7 Å². The highest BCUT2D eigenvalue weighted by Crippen LogP contribution is 2.18. The minimum atomic E-state index is -0.438. The molecule has 0 aliphatic carbocycles. The van der Waals surface area contributed by atoms with E-state index in [4.69, 9.17) is 5.73 Å². The molecule has 1 fully saturated rings. The Balaban J connectivity index is 2.69. The summed E-state index contributed by atoms with van der Waals surface area (Å²) in [7, 11) is 0. The smallest absolute Gasteiger partial charge is 0.240 e. The fraction of sp³-hybridized carbons (Fsp3) is 0.917. The van der Waals surface area contributed by atoms with Gasteiger partial charge in [0.25, 0.3) is 0 Å². The molecule has 3 N–H and O–H groups in total. The summed E-state index contributed by atoms with van der Waals surface area (Å²) in [5, 5.41) is 9.32. The zero-order valence-corrected chi connectivity index (χ0v) is 10.4. The van der Waals surface area contributed by atoms with E-state index < -0.39 is 6.04 Å². The third-order valence-corrected chi connectivity index (χ3v) is 3.37. The molecule has 0 aromatic rings. The van der Waals surface area contributed by atoms with Crippen molar-refractivity contribution in [2.45, 2.75) is 51.6 Å². The lowest BCUT2D eigenvalue weighted by atomic mass is 10.0. The molecular formula is C12H24N2O2. The molecule has 0 saturated carbocycles. The third-order valence-electron chi connectivity index (χ3n) is 3.37. The Kier molecular flexibility index (Phi) is 5.22. The van der Waals surface area contributed by atoms with Gasteiger partial charge in [0.1, 0.15) is 0 Å². The van der Waals surface area contributed by atoms with Crippen molar-refractivity contribution in [1.29, 1.82) is 0 Å². The van der Waals surface area contributed by atoms with Crippen LogP contribution in [0.1, 0.15) is 39.5 Å². The molecule has 1 amide bonds. The third kappa shape index (κ3) is 3.19. The van der Waals surface area contributed by atoms with Gasteiger partial charge in [-0.2, -0.15) is 0 Å². The SMILES string of the molecule is CC(C)[C@H](N)C(=O)N1CCCCCC1CO. The van der Waals surface area contributed by atoms with Crippen LogP contribution in [0.2, 0.25) is 0 Å². The maximum Gasteiger partial charge on any atom is 0.240 e. The van der Waals surface area contributed by atoms with Crippen molar-refractivity contribution in [3.05, 3.63) is 0 Å². The van der Waals surface area contributed by atoms with Gasteiger partial charge in [0.15, 0.2) is 0 Å². The molecule has 4 nitrogen and oxygen atoms in total. The average Bonchev–Trinajstić information content (AvgIpc) is 2.51. The van der Waals surface area contributed by atoms with Crippen LogP contribution in [-0.2, 0) is 4.79 Å². The zero-order chi connectivity index (χ0) is 12.1. The highest BCUT2D eigenvalue weighted by molar-refractivity contribution is 5.82. The summed E-state index contributed by atoms with van der Waals surface area (Å²) in [4.78, 5) is 13.9. The Morgan fingerprint density at radius 3 is 2.69 bits per heavy atom. The van der Waals surface area contributed by atoms with Crippen molar-refractivity contribution in [3.8, 4) is 0 Å². The van der Waals surface area contributed by atoms with E-state index in [1.807, 2.05) is 13.8 Å². The lowest BCUT2D eigenvalue weighted by Crippen LogP contribution is -2.51. The van der Waals surface area contributed by atoms with Crippen LogP contribution in [0.5, 0.6) is 0 Å². The average molecular weight is 228 g/mol. The molecule has 2 atom stereocenters. The fourth-order valence-corrected chi connectivity index (χ4v) is 2.13. The van der Waals surface area contributed by atoms with Gasteiger partial charge in [-0.05, 0) is 18.8 Å². The van der Waals surface area contributed by atoms with Crippen molar-refractivity contribution in [1.82, 2.24) is 4.90 Å². The molecule has 1 rings (SSSR count). The highest BCUT2D eigenvalue weighted by atomic mass is 16.3. The summed E-state index contributed by atoms with van der Waals surface area (Å²) in [6.45, 7) is 4.70. The van der Waals surface area contributed by atoms with Crippen molar-refractivity contribution in [3.63, 3.8) is 0 Å². The molecule has 94 valence electrons. The van der Waals surface area contributed by atoms with E-state index in [-0.39, 0.29) is 24.5 Å². The Bertz CT molecular complexity index is 231. The van der Waals surface area contributed by atoms with Crippen LogP contribution in [0.25, 0.3) is 0 Å². The second-order valence-corrected chi connectivity index (χ2v) is 4.99. The van der Waals surface area contributed by atoms with Crippen LogP contribution >= 0.6 is 0 Å². The maximum atomic E-state index is 12.2. The van der Waals surface area contributed by atoms with Crippen molar-refractivity contribution < 1.29 is 9.90 Å². The Labute approximate surface area is 97.8 Å². The molecule has 1 unspecified atom stereocenters. The number of nitrogens with zero attached hydrogens (tertiary/aromatic N) is 1. The summed E-state index contributed by atoms with van der Waals surface area (Å²) >= 11 is 0. The monoisotopic (exact) mass is 228 g/mol. The Morgan fingerprint density at radius 2 is 2.12 bits per heavy atom. The number of hydrogen-bond acceptors (Lipinski definition) is 3. The lowest BCUT2D eigenvalue weighted by molar-refractivity contribution is -0.136. The normalized spacial score (nSPS) is 24.3. The van der Waals surface area contributed by atoms with Crippen LogP contribution in [-0.4, -0.2) is 41.1 Å². The molecule has 0 spiro atoms. The van der Waals surface area contributed by atoms with Crippen LogP contribution in [0.4, 0.5) is 0 Å². The number of amides is 1. The summed E-state index contributed by atoms with van der Waals surface area (Å²) in [5.41, 5.74) is 5.89. The van der Waals surface area contributed by atoms with E-state index >= 15 is 0 Å². The Morgan fingerprint density at radius 1 is 1.44 bits per heavy atom. The van der Waals surface area contributed by atoms with Gasteiger partial charge in [0, 0.05) is 6.54 Å². The van der Waals surface area contributed by atoms with Gasteiger partial charge in [-0.3, -0.25) is 4.79 Å². The van der Waals surface area contributed by atoms with E-state index in [0.29, 0.717) is 0 Å². The topological polar surface area (TPSA) is 66.6 Å². The quantitative estimate of drug-likeness (QED) is 0.748. The van der Waals surface area contributed by atoms with Gasteiger partial charge in [0.05, 0.1) is 18.7 Å². The first kappa shape index (κ1) is 13.5. The number of likely N-dealkylation sites (tertiary alicyclic amines) is 1. The highest BCUT2D eigenvalue weighted by Gasteiger charge is 2.29. The largest absolute Gasteiger partial charge is 0.394 e. The number of rotatable bonds is 3. The fourth-order valence-electron chi connectivity index (χ4n) is 2.13. The second kappa shape index (κ2) is 6.21. The molecule has 16 heavy (non-hydrogen) atoms. The first-order valence-electron chi connectivity index (χ1n) is 6.24. The second-order valence-electron chi connectivity index (χ2n) is 4.99. The summed E-state index contributed by atoms with van der Waals surface area (Å²) in [5.74, 6) is 0.144. The van der Waals surface area contributed by atoms with Gasteiger partial charge in [-0.15, -0.1) is 0 Å². The molecule has 0 bridgehead atoms. The molecule has 0 radical (unpaired) electrons. The summed E-state index contributed by atoms with van der Waals surface area (Å²) in [6.07, 6.45) is 4.14. The number of aliphatic hydroxyl groups excluding tert-OH is 1. The van der Waals surface area contributed by atoms with E-state index in [9.17, 15) is 9.90 Å². The summed E-state index contributed by atoms with van der Waals surface area (Å²) in [6, 6.07) is -0.466. The van der Waals surface area contributed by atoms with E-state index in [1.165, 1.54) is 0 Å². The molecule has 0 aromatic heterocycles. The standard InChI is InChI=1S/C12H24N2O2/c1-9(2)11(13)12(16)14-7-5-3-4-6-10(14)8-15/h9-11,15H,3-8,13H2,1-2H3/t10?,11-/m0/s1.